The summed E-state index contributed by atoms with van der Waals surface area (Å²) in [5, 5.41) is 3.58. The Morgan fingerprint density at radius 3 is 2.46 bits per heavy atom. The van der Waals surface area contributed by atoms with E-state index < -0.39 is 0 Å². The van der Waals surface area contributed by atoms with Crippen LogP contribution in [-0.2, 0) is 11.3 Å². The molecule has 0 spiro atoms. The zero-order valence-corrected chi connectivity index (χ0v) is 21.6. The first-order chi connectivity index (χ1) is 16.7. The fourth-order valence-electron chi connectivity index (χ4n) is 4.75. The topological polar surface area (TPSA) is 90.9 Å². The van der Waals surface area contributed by atoms with Crippen molar-refractivity contribution < 1.29 is 14.3 Å². The van der Waals surface area contributed by atoms with Gasteiger partial charge in [0, 0.05) is 44.7 Å². The normalized spacial score (nSPS) is 16.5. The lowest BCUT2D eigenvalue weighted by Crippen LogP contribution is -2.48. The Morgan fingerprint density at radius 1 is 1.14 bits per heavy atom. The van der Waals surface area contributed by atoms with Gasteiger partial charge >= 0.3 is 0 Å². The van der Waals surface area contributed by atoms with Crippen LogP contribution >= 0.6 is 0 Å². The number of benzene rings is 1. The molecule has 1 N–H and O–H groups in total. The van der Waals surface area contributed by atoms with Gasteiger partial charge in [-0.1, -0.05) is 6.07 Å². The number of amides is 2. The summed E-state index contributed by atoms with van der Waals surface area (Å²) in [6.45, 7) is 15.4. The van der Waals surface area contributed by atoms with Gasteiger partial charge in [-0.25, -0.2) is 4.98 Å². The van der Waals surface area contributed by atoms with Crippen molar-refractivity contribution >= 4 is 23.6 Å². The average Bonchev–Trinajstić information content (AvgIpc) is 3.16. The van der Waals surface area contributed by atoms with Crippen LogP contribution in [0.15, 0.2) is 18.2 Å². The van der Waals surface area contributed by atoms with E-state index in [-0.39, 0.29) is 23.9 Å². The van der Waals surface area contributed by atoms with Crippen LogP contribution in [0.1, 0.15) is 67.8 Å². The smallest absolute Gasteiger partial charge is 0.273 e. The van der Waals surface area contributed by atoms with E-state index in [4.69, 9.17) is 14.7 Å². The van der Waals surface area contributed by atoms with Crippen molar-refractivity contribution in [2.75, 3.05) is 43.0 Å². The summed E-state index contributed by atoms with van der Waals surface area (Å²) in [5.41, 5.74) is 3.57. The van der Waals surface area contributed by atoms with Gasteiger partial charge in [-0.2, -0.15) is 4.98 Å². The molecule has 2 amide bonds. The molecule has 188 valence electrons. The van der Waals surface area contributed by atoms with Crippen molar-refractivity contribution in [1.82, 2.24) is 19.8 Å². The molecule has 0 bridgehead atoms. The number of carbonyl (C=O) groups is 2. The second kappa shape index (κ2) is 10.1. The number of rotatable bonds is 7. The van der Waals surface area contributed by atoms with E-state index in [9.17, 15) is 9.59 Å². The Labute approximate surface area is 207 Å². The van der Waals surface area contributed by atoms with E-state index in [1.807, 2.05) is 42.7 Å². The predicted molar refractivity (Wildman–Crippen MR) is 136 cm³/mol. The molecule has 1 atom stereocenters. The number of fused-ring (bicyclic) bond motifs is 1. The van der Waals surface area contributed by atoms with Crippen LogP contribution in [0.5, 0.6) is 5.75 Å². The second-order valence-corrected chi connectivity index (χ2v) is 9.54. The zero-order chi connectivity index (χ0) is 25.3. The van der Waals surface area contributed by atoms with E-state index in [2.05, 4.69) is 30.1 Å². The van der Waals surface area contributed by atoms with Crippen molar-refractivity contribution in [2.24, 2.45) is 0 Å². The summed E-state index contributed by atoms with van der Waals surface area (Å²) >= 11 is 0. The summed E-state index contributed by atoms with van der Waals surface area (Å²) in [6, 6.07) is 6.14. The van der Waals surface area contributed by atoms with Gasteiger partial charge in [0.05, 0.1) is 19.2 Å². The molecular formula is C26H36N6O3. The minimum atomic E-state index is -0.0611. The Kier molecular flexibility index (Phi) is 7.14. The quantitative estimate of drug-likeness (QED) is 0.650. The first-order valence-electron chi connectivity index (χ1n) is 12.4. The van der Waals surface area contributed by atoms with Crippen LogP contribution in [-0.4, -0.2) is 70.4 Å². The molecule has 4 rings (SSSR count). The maximum Gasteiger partial charge on any atom is 0.273 e. The SMILES string of the molecule is CCOc1ccc([C@@H](C)Nc2nc(N3CCN(C(C)=O)CC3)nc3c2CN(C(C)C)C3=O)c(C)c1. The molecule has 35 heavy (non-hydrogen) atoms. The lowest BCUT2D eigenvalue weighted by molar-refractivity contribution is -0.129. The van der Waals surface area contributed by atoms with E-state index in [0.717, 1.165) is 22.4 Å². The maximum absolute atomic E-state index is 13.2. The molecule has 2 aliphatic heterocycles. The van der Waals surface area contributed by atoms with Crippen molar-refractivity contribution in [1.29, 1.82) is 0 Å². The number of hydrogen-bond acceptors (Lipinski definition) is 7. The van der Waals surface area contributed by atoms with Gasteiger partial charge in [0.25, 0.3) is 5.91 Å². The summed E-state index contributed by atoms with van der Waals surface area (Å²) in [6.07, 6.45) is 0. The molecule has 1 aromatic carbocycles. The zero-order valence-electron chi connectivity index (χ0n) is 21.6. The Bertz CT molecular complexity index is 1110. The number of hydrogen-bond donors (Lipinski definition) is 1. The van der Waals surface area contributed by atoms with Gasteiger partial charge in [0.15, 0.2) is 0 Å². The largest absolute Gasteiger partial charge is 0.494 e. The third kappa shape index (κ3) is 5.04. The Hall–Kier alpha value is -3.36. The van der Waals surface area contributed by atoms with Crippen LogP contribution in [0.2, 0.25) is 0 Å². The number of aryl methyl sites for hydroxylation is 1. The number of piperazine rings is 1. The van der Waals surface area contributed by atoms with Gasteiger partial charge < -0.3 is 24.8 Å². The van der Waals surface area contributed by atoms with E-state index in [1.165, 1.54) is 0 Å². The minimum absolute atomic E-state index is 0.0321. The Balaban J connectivity index is 1.65. The highest BCUT2D eigenvalue weighted by Crippen LogP contribution is 2.33. The molecule has 0 unspecified atom stereocenters. The molecule has 1 aromatic heterocycles. The third-order valence-corrected chi connectivity index (χ3v) is 6.79. The average molecular weight is 481 g/mol. The molecule has 0 saturated carbocycles. The fourth-order valence-corrected chi connectivity index (χ4v) is 4.75. The number of nitrogens with one attached hydrogen (secondary N) is 1. The van der Waals surface area contributed by atoms with Crippen LogP contribution in [0.25, 0.3) is 0 Å². The lowest BCUT2D eigenvalue weighted by atomic mass is 10.0. The summed E-state index contributed by atoms with van der Waals surface area (Å²) in [5.74, 6) is 2.09. The van der Waals surface area contributed by atoms with E-state index in [1.54, 1.807) is 6.92 Å². The third-order valence-electron chi connectivity index (χ3n) is 6.79. The van der Waals surface area contributed by atoms with Gasteiger partial charge in [0.1, 0.15) is 17.3 Å². The summed E-state index contributed by atoms with van der Waals surface area (Å²) in [7, 11) is 0. The highest BCUT2D eigenvalue weighted by atomic mass is 16.5. The highest BCUT2D eigenvalue weighted by molar-refractivity contribution is 5.98. The van der Waals surface area contributed by atoms with Gasteiger partial charge in [-0.15, -0.1) is 0 Å². The molecule has 9 nitrogen and oxygen atoms in total. The number of ether oxygens (including phenoxy) is 1. The molecule has 1 fully saturated rings. The van der Waals surface area contributed by atoms with Crippen molar-refractivity contribution in [3.8, 4) is 5.75 Å². The first-order valence-corrected chi connectivity index (χ1v) is 12.4. The first kappa shape index (κ1) is 24.8. The fraction of sp³-hybridized carbons (Fsp3) is 0.538. The molecule has 0 radical (unpaired) electrons. The molecule has 2 aliphatic rings. The van der Waals surface area contributed by atoms with E-state index >= 15 is 0 Å². The standard InChI is InChI=1S/C26H36N6O3/c1-7-35-20-8-9-21(17(4)14-20)18(5)27-24-22-15-32(16(2)3)25(34)23(22)28-26(29-24)31-12-10-30(11-13-31)19(6)33/h8-9,14,16,18H,7,10-13,15H2,1-6H3,(H,27,28,29)/t18-/m1/s1. The molecular weight excluding hydrogens is 444 g/mol. The number of aromatic nitrogens is 2. The molecule has 2 aromatic rings. The van der Waals surface area contributed by atoms with Crippen LogP contribution < -0.4 is 15.0 Å². The number of anilines is 2. The Morgan fingerprint density at radius 2 is 1.86 bits per heavy atom. The summed E-state index contributed by atoms with van der Waals surface area (Å²) in [4.78, 5) is 40.3. The number of nitrogens with zero attached hydrogens (tertiary/aromatic N) is 5. The van der Waals surface area contributed by atoms with Crippen LogP contribution in [0, 0.1) is 6.92 Å². The van der Waals surface area contributed by atoms with Gasteiger partial charge in [-0.3, -0.25) is 9.59 Å². The van der Waals surface area contributed by atoms with E-state index in [0.29, 0.717) is 56.8 Å². The molecule has 9 heteroatoms. The lowest BCUT2D eigenvalue weighted by Gasteiger charge is -2.34. The molecule has 0 aliphatic carbocycles. The second-order valence-electron chi connectivity index (χ2n) is 9.54. The van der Waals surface area contributed by atoms with Crippen molar-refractivity contribution in [3.63, 3.8) is 0 Å². The van der Waals surface area contributed by atoms with Crippen LogP contribution in [0.3, 0.4) is 0 Å². The van der Waals surface area contributed by atoms with Crippen LogP contribution in [0.4, 0.5) is 11.8 Å². The van der Waals surface area contributed by atoms with Gasteiger partial charge in [-0.05, 0) is 57.9 Å². The summed E-state index contributed by atoms with van der Waals surface area (Å²) < 4.78 is 5.64. The highest BCUT2D eigenvalue weighted by Gasteiger charge is 2.35. The van der Waals surface area contributed by atoms with Crippen molar-refractivity contribution in [2.45, 2.75) is 60.2 Å². The molecule has 3 heterocycles. The number of carbonyl (C=O) groups excluding carboxylic acids is 2. The monoisotopic (exact) mass is 480 g/mol. The molecule has 1 saturated heterocycles. The predicted octanol–water partition coefficient (Wildman–Crippen LogP) is 3.39. The van der Waals surface area contributed by atoms with Crippen molar-refractivity contribution in [3.05, 3.63) is 40.6 Å². The minimum Gasteiger partial charge on any atom is -0.494 e. The van der Waals surface area contributed by atoms with Gasteiger partial charge in [0.2, 0.25) is 11.9 Å². The maximum atomic E-state index is 13.2.